The highest BCUT2D eigenvalue weighted by Gasteiger charge is 2.40. The summed E-state index contributed by atoms with van der Waals surface area (Å²) in [4.78, 5) is 2.06. The molecule has 3 N–H and O–H groups in total. The second-order valence-corrected chi connectivity index (χ2v) is 3.79. The molecule has 0 amide bonds. The molecule has 0 bridgehead atoms. The molecule has 0 aromatic carbocycles. The molecule has 0 saturated carbocycles. The van der Waals surface area contributed by atoms with E-state index in [2.05, 4.69) is 4.90 Å². The summed E-state index contributed by atoms with van der Waals surface area (Å²) in [7, 11) is 0. The molecule has 0 aliphatic carbocycles. The molecule has 4 atom stereocenters. The lowest BCUT2D eigenvalue weighted by atomic mass is 9.96. The summed E-state index contributed by atoms with van der Waals surface area (Å²) in [6, 6.07) is 0.0726. The van der Waals surface area contributed by atoms with Crippen LogP contribution in [-0.4, -0.2) is 57.7 Å². The van der Waals surface area contributed by atoms with Gasteiger partial charge < -0.3 is 15.3 Å². The third-order valence-electron chi connectivity index (χ3n) is 2.97. The van der Waals surface area contributed by atoms with Gasteiger partial charge in [0.15, 0.2) is 0 Å². The van der Waals surface area contributed by atoms with Gasteiger partial charge in [-0.05, 0) is 12.8 Å². The van der Waals surface area contributed by atoms with Crippen molar-refractivity contribution in [3.05, 3.63) is 0 Å². The standard InChI is InChI=1S/C8H15NO3/c10-6-1-2-9-4-8(12)7(11)3-5(6)9/h5-8,10-12H,1-4H2/t5-,6-,7-,8-/m0/s1. The third-order valence-corrected chi connectivity index (χ3v) is 2.97. The molecule has 0 aromatic rings. The van der Waals surface area contributed by atoms with Crippen LogP contribution in [0.3, 0.4) is 0 Å². The van der Waals surface area contributed by atoms with Crippen molar-refractivity contribution in [1.29, 1.82) is 0 Å². The quantitative estimate of drug-likeness (QED) is 0.419. The lowest BCUT2D eigenvalue weighted by molar-refractivity contribution is -0.0643. The summed E-state index contributed by atoms with van der Waals surface area (Å²) in [5.41, 5.74) is 0. The number of hydrogen-bond acceptors (Lipinski definition) is 4. The van der Waals surface area contributed by atoms with Gasteiger partial charge >= 0.3 is 0 Å². The maximum atomic E-state index is 9.49. The molecule has 0 aromatic heterocycles. The van der Waals surface area contributed by atoms with E-state index in [0.29, 0.717) is 13.0 Å². The molecular weight excluding hydrogens is 158 g/mol. The molecule has 2 rings (SSSR count). The number of fused-ring (bicyclic) bond motifs is 1. The Morgan fingerprint density at radius 3 is 2.50 bits per heavy atom. The minimum atomic E-state index is -0.654. The van der Waals surface area contributed by atoms with Crippen molar-refractivity contribution < 1.29 is 15.3 Å². The van der Waals surface area contributed by atoms with E-state index in [9.17, 15) is 15.3 Å². The van der Waals surface area contributed by atoms with E-state index < -0.39 is 12.2 Å². The molecular formula is C8H15NO3. The van der Waals surface area contributed by atoms with E-state index in [1.807, 2.05) is 0 Å². The molecule has 2 fully saturated rings. The zero-order valence-electron chi connectivity index (χ0n) is 6.93. The van der Waals surface area contributed by atoms with Crippen LogP contribution in [0.15, 0.2) is 0 Å². The highest BCUT2D eigenvalue weighted by molar-refractivity contribution is 4.95. The van der Waals surface area contributed by atoms with Crippen LogP contribution in [0.5, 0.6) is 0 Å². The summed E-state index contributed by atoms with van der Waals surface area (Å²) >= 11 is 0. The van der Waals surface area contributed by atoms with Crippen molar-refractivity contribution in [3.63, 3.8) is 0 Å². The third kappa shape index (κ3) is 1.25. The maximum Gasteiger partial charge on any atom is 0.0926 e. The fraction of sp³-hybridized carbons (Fsp3) is 1.00. The van der Waals surface area contributed by atoms with E-state index in [1.165, 1.54) is 0 Å². The predicted molar refractivity (Wildman–Crippen MR) is 42.6 cm³/mol. The molecule has 12 heavy (non-hydrogen) atoms. The Balaban J connectivity index is 2.04. The Morgan fingerprint density at radius 1 is 1.00 bits per heavy atom. The topological polar surface area (TPSA) is 63.9 Å². The van der Waals surface area contributed by atoms with Crippen molar-refractivity contribution in [2.45, 2.75) is 37.2 Å². The van der Waals surface area contributed by atoms with Crippen LogP contribution < -0.4 is 0 Å². The summed E-state index contributed by atoms with van der Waals surface area (Å²) in [6.45, 7) is 1.35. The first-order valence-corrected chi connectivity index (χ1v) is 4.46. The molecule has 2 aliphatic heterocycles. The average molecular weight is 173 g/mol. The smallest absolute Gasteiger partial charge is 0.0926 e. The fourth-order valence-electron chi connectivity index (χ4n) is 2.20. The number of nitrogens with zero attached hydrogens (tertiary/aromatic N) is 1. The molecule has 4 nitrogen and oxygen atoms in total. The highest BCUT2D eigenvalue weighted by Crippen LogP contribution is 2.27. The first kappa shape index (κ1) is 8.44. The summed E-state index contributed by atoms with van der Waals surface area (Å²) in [5, 5.41) is 28.2. The summed E-state index contributed by atoms with van der Waals surface area (Å²) < 4.78 is 0. The van der Waals surface area contributed by atoms with Crippen LogP contribution in [0.4, 0.5) is 0 Å². The molecule has 2 saturated heterocycles. The van der Waals surface area contributed by atoms with Crippen LogP contribution >= 0.6 is 0 Å². The van der Waals surface area contributed by atoms with Crippen molar-refractivity contribution in [3.8, 4) is 0 Å². The van der Waals surface area contributed by atoms with E-state index in [4.69, 9.17) is 0 Å². The van der Waals surface area contributed by atoms with Gasteiger partial charge in [0.05, 0.1) is 18.3 Å². The SMILES string of the molecule is O[C@H]1C[C@H]2[C@@H](O)CCN2C[C@@H]1O. The molecule has 70 valence electrons. The zero-order valence-corrected chi connectivity index (χ0v) is 6.93. The number of aliphatic hydroxyl groups excluding tert-OH is 3. The Bertz CT molecular complexity index is 176. The molecule has 2 aliphatic rings. The Hall–Kier alpha value is -0.160. The van der Waals surface area contributed by atoms with Gasteiger partial charge in [0.1, 0.15) is 0 Å². The number of rotatable bonds is 0. The van der Waals surface area contributed by atoms with Gasteiger partial charge in [0, 0.05) is 19.1 Å². The minimum absolute atomic E-state index is 0.0726. The number of hydrogen-bond donors (Lipinski definition) is 3. The normalized spacial score (nSPS) is 49.2. The van der Waals surface area contributed by atoms with E-state index in [1.54, 1.807) is 0 Å². The summed E-state index contributed by atoms with van der Waals surface area (Å²) in [5.74, 6) is 0. The average Bonchev–Trinajstić information content (AvgIpc) is 2.35. The van der Waals surface area contributed by atoms with Gasteiger partial charge in [-0.2, -0.15) is 0 Å². The van der Waals surface area contributed by atoms with E-state index >= 15 is 0 Å². The van der Waals surface area contributed by atoms with Crippen LogP contribution in [0.1, 0.15) is 12.8 Å². The van der Waals surface area contributed by atoms with Crippen molar-refractivity contribution in [2.24, 2.45) is 0 Å². The lowest BCUT2D eigenvalue weighted by Gasteiger charge is -2.36. The predicted octanol–water partition coefficient (Wildman–Crippen LogP) is -1.45. The number of aliphatic hydroxyl groups is 3. The van der Waals surface area contributed by atoms with E-state index in [0.717, 1.165) is 13.0 Å². The fourth-order valence-corrected chi connectivity index (χ4v) is 2.20. The van der Waals surface area contributed by atoms with Crippen molar-refractivity contribution in [2.75, 3.05) is 13.1 Å². The molecule has 2 heterocycles. The van der Waals surface area contributed by atoms with Crippen LogP contribution in [0, 0.1) is 0 Å². The van der Waals surface area contributed by atoms with Crippen molar-refractivity contribution >= 4 is 0 Å². The Morgan fingerprint density at radius 2 is 1.75 bits per heavy atom. The first-order valence-electron chi connectivity index (χ1n) is 4.46. The summed E-state index contributed by atoms with van der Waals surface area (Å²) in [6.07, 6.45) is -0.329. The largest absolute Gasteiger partial charge is 0.391 e. The lowest BCUT2D eigenvalue weighted by Crippen LogP contribution is -2.51. The minimum Gasteiger partial charge on any atom is -0.391 e. The van der Waals surface area contributed by atoms with Crippen molar-refractivity contribution in [1.82, 2.24) is 4.90 Å². The first-order chi connectivity index (χ1) is 5.68. The molecule has 0 spiro atoms. The molecule has 4 heteroatoms. The van der Waals surface area contributed by atoms with Crippen LogP contribution in [0.25, 0.3) is 0 Å². The monoisotopic (exact) mass is 173 g/mol. The van der Waals surface area contributed by atoms with Gasteiger partial charge in [-0.1, -0.05) is 0 Å². The van der Waals surface area contributed by atoms with Gasteiger partial charge in [0.2, 0.25) is 0 Å². The second kappa shape index (κ2) is 2.96. The maximum absolute atomic E-state index is 9.49. The zero-order chi connectivity index (χ0) is 8.72. The van der Waals surface area contributed by atoms with Crippen LogP contribution in [0.2, 0.25) is 0 Å². The van der Waals surface area contributed by atoms with Gasteiger partial charge in [-0.3, -0.25) is 4.90 Å². The van der Waals surface area contributed by atoms with Gasteiger partial charge in [-0.25, -0.2) is 0 Å². The number of piperidine rings is 1. The van der Waals surface area contributed by atoms with Gasteiger partial charge in [-0.15, -0.1) is 0 Å². The second-order valence-electron chi connectivity index (χ2n) is 3.79. The molecule has 0 radical (unpaired) electrons. The van der Waals surface area contributed by atoms with Crippen LogP contribution in [-0.2, 0) is 0 Å². The Kier molecular flexibility index (Phi) is 2.08. The Labute approximate surface area is 71.4 Å². The molecule has 0 unspecified atom stereocenters. The highest BCUT2D eigenvalue weighted by atomic mass is 16.3. The van der Waals surface area contributed by atoms with Gasteiger partial charge in [0.25, 0.3) is 0 Å². The van der Waals surface area contributed by atoms with E-state index in [-0.39, 0.29) is 12.1 Å².